The molecular formula is C6H6Cl2N2. The smallest absolute Gasteiger partial charge is 0.195 e. The SMILES string of the molecule is CCC(Cl)C(Cl)(C#N)C#N. The Labute approximate surface area is 70.0 Å². The van der Waals surface area contributed by atoms with Gasteiger partial charge in [0.1, 0.15) is 12.1 Å². The van der Waals surface area contributed by atoms with Crippen molar-refractivity contribution >= 4 is 23.2 Å². The fraction of sp³-hybridized carbons (Fsp3) is 0.667. The van der Waals surface area contributed by atoms with Gasteiger partial charge in [-0.2, -0.15) is 10.5 Å². The van der Waals surface area contributed by atoms with Crippen molar-refractivity contribution in [1.82, 2.24) is 0 Å². The average Bonchev–Trinajstić information content (AvgIpc) is 2.01. The van der Waals surface area contributed by atoms with Crippen molar-refractivity contribution in [2.24, 2.45) is 0 Å². The van der Waals surface area contributed by atoms with Crippen LogP contribution in [0.15, 0.2) is 0 Å². The van der Waals surface area contributed by atoms with Gasteiger partial charge in [0, 0.05) is 0 Å². The molecule has 1 atom stereocenters. The second-order valence-electron chi connectivity index (χ2n) is 1.81. The second-order valence-corrected chi connectivity index (χ2v) is 2.93. The minimum atomic E-state index is -1.56. The monoisotopic (exact) mass is 176 g/mol. The third-order valence-corrected chi connectivity index (χ3v) is 2.30. The van der Waals surface area contributed by atoms with E-state index < -0.39 is 10.3 Å². The summed E-state index contributed by atoms with van der Waals surface area (Å²) in [5.41, 5.74) is 0. The van der Waals surface area contributed by atoms with Crippen LogP contribution in [0.5, 0.6) is 0 Å². The van der Waals surface area contributed by atoms with Gasteiger partial charge < -0.3 is 0 Å². The molecule has 0 radical (unpaired) electrons. The largest absolute Gasteiger partial charge is 0.232 e. The Bertz CT molecular complexity index is 175. The lowest BCUT2D eigenvalue weighted by Crippen LogP contribution is -2.28. The zero-order chi connectivity index (χ0) is 8.20. The molecule has 0 saturated carbocycles. The molecule has 2 nitrogen and oxygen atoms in total. The second kappa shape index (κ2) is 3.66. The molecule has 0 heterocycles. The van der Waals surface area contributed by atoms with Crippen molar-refractivity contribution in [3.63, 3.8) is 0 Å². The molecule has 0 aromatic heterocycles. The summed E-state index contributed by atoms with van der Waals surface area (Å²) in [5.74, 6) is 0. The van der Waals surface area contributed by atoms with Crippen LogP contribution in [0.4, 0.5) is 0 Å². The average molecular weight is 177 g/mol. The number of hydrogen-bond acceptors (Lipinski definition) is 2. The van der Waals surface area contributed by atoms with Crippen molar-refractivity contribution in [1.29, 1.82) is 10.5 Å². The summed E-state index contributed by atoms with van der Waals surface area (Å²) < 4.78 is 0. The van der Waals surface area contributed by atoms with Gasteiger partial charge in [0.25, 0.3) is 0 Å². The topological polar surface area (TPSA) is 47.6 Å². The molecule has 0 fully saturated rings. The van der Waals surface area contributed by atoms with E-state index in [1.54, 1.807) is 19.1 Å². The van der Waals surface area contributed by atoms with Crippen molar-refractivity contribution in [2.75, 3.05) is 0 Å². The van der Waals surface area contributed by atoms with E-state index in [0.29, 0.717) is 6.42 Å². The fourth-order valence-corrected chi connectivity index (χ4v) is 0.698. The van der Waals surface area contributed by atoms with E-state index in [-0.39, 0.29) is 0 Å². The van der Waals surface area contributed by atoms with Gasteiger partial charge in [-0.25, -0.2) is 0 Å². The van der Waals surface area contributed by atoms with Crippen LogP contribution >= 0.6 is 23.2 Å². The first-order valence-electron chi connectivity index (χ1n) is 2.76. The zero-order valence-electron chi connectivity index (χ0n) is 5.43. The maximum absolute atomic E-state index is 8.40. The number of nitrogens with zero attached hydrogens (tertiary/aromatic N) is 2. The van der Waals surface area contributed by atoms with Gasteiger partial charge >= 0.3 is 0 Å². The normalized spacial score (nSPS) is 13.3. The Kier molecular flexibility index (Phi) is 3.50. The highest BCUT2D eigenvalue weighted by atomic mass is 35.5. The third kappa shape index (κ3) is 1.77. The van der Waals surface area contributed by atoms with Gasteiger partial charge in [0.2, 0.25) is 4.87 Å². The van der Waals surface area contributed by atoms with Crippen molar-refractivity contribution in [3.05, 3.63) is 0 Å². The Balaban J connectivity index is 4.41. The Morgan fingerprint density at radius 1 is 1.50 bits per heavy atom. The Hall–Kier alpha value is -0.440. The van der Waals surface area contributed by atoms with Crippen LogP contribution in [0, 0.1) is 22.7 Å². The van der Waals surface area contributed by atoms with Crippen LogP contribution in [0.1, 0.15) is 13.3 Å². The molecule has 0 aliphatic rings. The van der Waals surface area contributed by atoms with Crippen LogP contribution in [0.2, 0.25) is 0 Å². The molecule has 0 saturated heterocycles. The van der Waals surface area contributed by atoms with E-state index in [2.05, 4.69) is 0 Å². The first kappa shape index (κ1) is 9.56. The highest BCUT2D eigenvalue weighted by Crippen LogP contribution is 2.25. The highest BCUT2D eigenvalue weighted by molar-refractivity contribution is 6.35. The third-order valence-electron chi connectivity index (χ3n) is 1.12. The summed E-state index contributed by atoms with van der Waals surface area (Å²) in [7, 11) is 0. The maximum atomic E-state index is 8.40. The molecule has 0 bridgehead atoms. The predicted octanol–water partition coefficient (Wildman–Crippen LogP) is 2.03. The predicted molar refractivity (Wildman–Crippen MR) is 39.7 cm³/mol. The van der Waals surface area contributed by atoms with Crippen LogP contribution in [0.3, 0.4) is 0 Å². The van der Waals surface area contributed by atoms with Crippen LogP contribution in [-0.2, 0) is 0 Å². The summed E-state index contributed by atoms with van der Waals surface area (Å²) in [6.07, 6.45) is 0.506. The molecule has 54 valence electrons. The molecule has 0 aromatic rings. The molecule has 10 heavy (non-hydrogen) atoms. The molecule has 0 aliphatic carbocycles. The number of halogens is 2. The van der Waals surface area contributed by atoms with E-state index in [1.807, 2.05) is 0 Å². The summed E-state index contributed by atoms with van der Waals surface area (Å²) in [6.45, 7) is 1.77. The van der Waals surface area contributed by atoms with Gasteiger partial charge in [0.05, 0.1) is 5.38 Å². The molecule has 0 amide bonds. The van der Waals surface area contributed by atoms with Crippen molar-refractivity contribution in [2.45, 2.75) is 23.6 Å². The number of alkyl halides is 2. The number of rotatable bonds is 2. The Morgan fingerprint density at radius 3 is 2.00 bits per heavy atom. The van der Waals surface area contributed by atoms with Crippen LogP contribution in [0.25, 0.3) is 0 Å². The highest BCUT2D eigenvalue weighted by Gasteiger charge is 2.34. The first-order chi connectivity index (χ1) is 4.60. The minimum absolute atomic E-state index is 0.506. The molecule has 0 spiro atoms. The summed E-state index contributed by atoms with van der Waals surface area (Å²) >= 11 is 11.1. The van der Waals surface area contributed by atoms with E-state index in [9.17, 15) is 0 Å². The molecule has 1 unspecified atom stereocenters. The molecule has 0 aliphatic heterocycles. The molecular weight excluding hydrogens is 171 g/mol. The molecule has 0 rings (SSSR count). The quantitative estimate of drug-likeness (QED) is 0.605. The zero-order valence-corrected chi connectivity index (χ0v) is 6.95. The summed E-state index contributed by atoms with van der Waals surface area (Å²) in [6, 6.07) is 3.30. The van der Waals surface area contributed by atoms with Gasteiger partial charge in [-0.15, -0.1) is 11.6 Å². The summed E-state index contributed by atoms with van der Waals surface area (Å²) in [4.78, 5) is -1.56. The van der Waals surface area contributed by atoms with E-state index in [1.165, 1.54) is 0 Å². The molecule has 4 heteroatoms. The lowest BCUT2D eigenvalue weighted by molar-refractivity contribution is 0.753. The van der Waals surface area contributed by atoms with Gasteiger partial charge in [-0.05, 0) is 6.42 Å². The Morgan fingerprint density at radius 2 is 1.90 bits per heavy atom. The fourth-order valence-electron chi connectivity index (χ4n) is 0.446. The lowest BCUT2D eigenvalue weighted by atomic mass is 10.1. The maximum Gasteiger partial charge on any atom is 0.232 e. The van der Waals surface area contributed by atoms with Crippen molar-refractivity contribution < 1.29 is 0 Å². The molecule has 0 aromatic carbocycles. The number of nitriles is 2. The lowest BCUT2D eigenvalue weighted by Gasteiger charge is -2.13. The minimum Gasteiger partial charge on any atom is -0.195 e. The van der Waals surface area contributed by atoms with Gasteiger partial charge in [-0.3, -0.25) is 0 Å². The molecule has 0 N–H and O–H groups in total. The van der Waals surface area contributed by atoms with E-state index in [4.69, 9.17) is 33.7 Å². The number of hydrogen-bond donors (Lipinski definition) is 0. The van der Waals surface area contributed by atoms with E-state index >= 15 is 0 Å². The van der Waals surface area contributed by atoms with Gasteiger partial charge in [0.15, 0.2) is 0 Å². The van der Waals surface area contributed by atoms with Gasteiger partial charge in [-0.1, -0.05) is 18.5 Å². The van der Waals surface area contributed by atoms with Crippen LogP contribution < -0.4 is 0 Å². The first-order valence-corrected chi connectivity index (χ1v) is 3.57. The standard InChI is InChI=1S/C6H6Cl2N2/c1-2-5(7)6(8,3-9)4-10/h5H,2H2,1H3. The van der Waals surface area contributed by atoms with E-state index in [0.717, 1.165) is 0 Å². The van der Waals surface area contributed by atoms with Crippen molar-refractivity contribution in [3.8, 4) is 12.1 Å². The van der Waals surface area contributed by atoms with Crippen LogP contribution in [-0.4, -0.2) is 10.3 Å². The summed E-state index contributed by atoms with van der Waals surface area (Å²) in [5, 5.41) is 16.2.